The number of hydrogen-bond acceptors (Lipinski definition) is 5. The SMILES string of the molecule is CC1(C)C[C@@H](c2ncc(-c3ccc4c(c3)cc3n4C(c4ccccc4)Oc4cc(-c5cnc([C@@H]6CCCN6C(=O)O)[nH]5)ccc4-3)[nH]2)N(C(=O)O)C1. The van der Waals surface area contributed by atoms with Gasteiger partial charge in [0.05, 0.1) is 47.1 Å². The zero-order valence-corrected chi connectivity index (χ0v) is 28.2. The van der Waals surface area contributed by atoms with Crippen LogP contribution in [0.5, 0.6) is 5.75 Å². The molecule has 0 radical (unpaired) electrons. The highest BCUT2D eigenvalue weighted by atomic mass is 16.5. The highest BCUT2D eigenvalue weighted by Crippen LogP contribution is 2.46. The molecule has 12 nitrogen and oxygen atoms in total. The van der Waals surface area contributed by atoms with Crippen molar-refractivity contribution in [3.05, 3.63) is 102 Å². The second-order valence-corrected chi connectivity index (χ2v) is 14.6. The second-order valence-electron chi connectivity index (χ2n) is 14.6. The van der Waals surface area contributed by atoms with E-state index in [0.717, 1.165) is 68.8 Å². The monoisotopic (exact) mass is 683 g/mol. The molecule has 1 unspecified atom stereocenters. The molecular formula is C39H37N7O5. The first-order chi connectivity index (χ1) is 24.6. The van der Waals surface area contributed by atoms with E-state index in [-0.39, 0.29) is 17.5 Å². The molecule has 3 aromatic carbocycles. The summed E-state index contributed by atoms with van der Waals surface area (Å²) >= 11 is 0. The molecule has 0 spiro atoms. The number of nitrogens with one attached hydrogen (secondary N) is 2. The maximum atomic E-state index is 12.0. The third-order valence-electron chi connectivity index (χ3n) is 10.6. The summed E-state index contributed by atoms with van der Waals surface area (Å²) in [6.07, 6.45) is 3.52. The molecule has 3 aliphatic heterocycles. The van der Waals surface area contributed by atoms with Crippen molar-refractivity contribution in [1.82, 2.24) is 34.3 Å². The van der Waals surface area contributed by atoms with Gasteiger partial charge in [0.25, 0.3) is 0 Å². The smallest absolute Gasteiger partial charge is 0.407 e. The number of amides is 2. The average Bonchev–Trinajstić information content (AvgIpc) is 3.96. The number of carboxylic acid groups (broad SMARTS) is 2. The molecule has 12 heteroatoms. The molecular weight excluding hydrogens is 646 g/mol. The Balaban J connectivity index is 1.08. The van der Waals surface area contributed by atoms with Crippen LogP contribution < -0.4 is 4.74 Å². The molecule has 3 atom stereocenters. The van der Waals surface area contributed by atoms with Crippen molar-refractivity contribution in [1.29, 1.82) is 0 Å². The van der Waals surface area contributed by atoms with Gasteiger partial charge in [0.2, 0.25) is 6.23 Å². The summed E-state index contributed by atoms with van der Waals surface area (Å²) in [5.41, 5.74) is 7.35. The lowest BCUT2D eigenvalue weighted by atomic mass is 9.90. The van der Waals surface area contributed by atoms with E-state index in [9.17, 15) is 19.8 Å². The van der Waals surface area contributed by atoms with Gasteiger partial charge in [-0.2, -0.15) is 0 Å². The lowest BCUT2D eigenvalue weighted by Crippen LogP contribution is -2.31. The van der Waals surface area contributed by atoms with Crippen LogP contribution in [0.2, 0.25) is 0 Å². The summed E-state index contributed by atoms with van der Waals surface area (Å²) in [7, 11) is 0. The van der Waals surface area contributed by atoms with E-state index in [1.54, 1.807) is 12.4 Å². The van der Waals surface area contributed by atoms with Crippen LogP contribution in [0.15, 0.2) is 85.2 Å². The zero-order valence-electron chi connectivity index (χ0n) is 28.2. The van der Waals surface area contributed by atoms with Crippen LogP contribution in [0.4, 0.5) is 9.59 Å². The first-order valence-corrected chi connectivity index (χ1v) is 17.2. The van der Waals surface area contributed by atoms with Crippen LogP contribution >= 0.6 is 0 Å². The molecule has 6 aromatic rings. The molecule has 2 saturated heterocycles. The number of hydrogen-bond donors (Lipinski definition) is 4. The highest BCUT2D eigenvalue weighted by molar-refractivity contribution is 5.92. The predicted molar refractivity (Wildman–Crippen MR) is 190 cm³/mol. The molecule has 2 amide bonds. The van der Waals surface area contributed by atoms with Crippen molar-refractivity contribution in [2.24, 2.45) is 5.41 Å². The van der Waals surface area contributed by atoms with Gasteiger partial charge in [-0.1, -0.05) is 56.3 Å². The quantitative estimate of drug-likeness (QED) is 0.143. The lowest BCUT2D eigenvalue weighted by molar-refractivity contribution is 0.135. The van der Waals surface area contributed by atoms with E-state index < -0.39 is 18.4 Å². The lowest BCUT2D eigenvalue weighted by Gasteiger charge is -2.30. The van der Waals surface area contributed by atoms with Crippen LogP contribution in [-0.2, 0) is 0 Å². The van der Waals surface area contributed by atoms with Crippen LogP contribution in [0.1, 0.15) is 68.6 Å². The van der Waals surface area contributed by atoms with E-state index in [1.807, 2.05) is 30.3 Å². The van der Waals surface area contributed by atoms with Crippen molar-refractivity contribution in [2.75, 3.05) is 13.1 Å². The summed E-state index contributed by atoms with van der Waals surface area (Å²) in [6, 6.07) is 24.2. The molecule has 6 heterocycles. The van der Waals surface area contributed by atoms with Gasteiger partial charge in [-0.3, -0.25) is 9.80 Å². The number of aromatic nitrogens is 5. The van der Waals surface area contributed by atoms with Gasteiger partial charge in [0.1, 0.15) is 17.4 Å². The van der Waals surface area contributed by atoms with E-state index in [1.165, 1.54) is 9.80 Å². The topological polar surface area (TPSA) is 153 Å². The van der Waals surface area contributed by atoms with Crippen molar-refractivity contribution >= 4 is 23.1 Å². The van der Waals surface area contributed by atoms with Crippen molar-refractivity contribution in [3.8, 4) is 39.5 Å². The highest BCUT2D eigenvalue weighted by Gasteiger charge is 2.42. The Labute approximate surface area is 293 Å². The Morgan fingerprint density at radius 2 is 1.53 bits per heavy atom. The molecule has 3 aromatic heterocycles. The van der Waals surface area contributed by atoms with Crippen LogP contribution in [0, 0.1) is 5.41 Å². The Hall–Kier alpha value is -6.04. The fourth-order valence-corrected chi connectivity index (χ4v) is 8.17. The molecule has 0 bridgehead atoms. The molecule has 0 saturated carbocycles. The molecule has 258 valence electrons. The number of likely N-dealkylation sites (tertiary alicyclic amines) is 2. The average molecular weight is 684 g/mol. The van der Waals surface area contributed by atoms with Gasteiger partial charge in [0.15, 0.2) is 0 Å². The number of benzene rings is 3. The van der Waals surface area contributed by atoms with Crippen LogP contribution in [0.25, 0.3) is 44.7 Å². The van der Waals surface area contributed by atoms with Crippen LogP contribution in [-0.4, -0.2) is 69.8 Å². The van der Waals surface area contributed by atoms with E-state index >= 15 is 0 Å². The first kappa shape index (κ1) is 31.0. The summed E-state index contributed by atoms with van der Waals surface area (Å²) in [6.45, 7) is 5.14. The number of imidazole rings is 2. The Kier molecular flexibility index (Phi) is 6.99. The second kappa shape index (κ2) is 11.5. The first-order valence-electron chi connectivity index (χ1n) is 17.2. The van der Waals surface area contributed by atoms with E-state index in [0.29, 0.717) is 31.2 Å². The molecule has 4 N–H and O–H groups in total. The summed E-state index contributed by atoms with van der Waals surface area (Å²) in [4.78, 5) is 42.8. The third kappa shape index (κ3) is 5.20. The minimum atomic E-state index is -0.933. The molecule has 9 rings (SSSR count). The number of ether oxygens (including phenoxy) is 1. The predicted octanol–water partition coefficient (Wildman–Crippen LogP) is 8.29. The molecule has 2 fully saturated rings. The molecule has 51 heavy (non-hydrogen) atoms. The van der Waals surface area contributed by atoms with Gasteiger partial charge in [-0.15, -0.1) is 0 Å². The number of rotatable bonds is 5. The fraction of sp³-hybridized carbons (Fsp3) is 0.282. The summed E-state index contributed by atoms with van der Waals surface area (Å²) in [5, 5.41) is 20.5. The van der Waals surface area contributed by atoms with Crippen LogP contribution in [0.3, 0.4) is 0 Å². The minimum Gasteiger partial charge on any atom is -0.465 e. The number of aromatic amines is 2. The van der Waals surface area contributed by atoms with Gasteiger partial charge in [-0.05, 0) is 55.0 Å². The minimum absolute atomic E-state index is 0.129. The Morgan fingerprint density at radius 3 is 2.25 bits per heavy atom. The van der Waals surface area contributed by atoms with Gasteiger partial charge >= 0.3 is 12.2 Å². The van der Waals surface area contributed by atoms with E-state index in [2.05, 4.69) is 80.8 Å². The van der Waals surface area contributed by atoms with Gasteiger partial charge in [0, 0.05) is 40.7 Å². The van der Waals surface area contributed by atoms with Crippen molar-refractivity contribution in [3.63, 3.8) is 0 Å². The number of carbonyl (C=O) groups is 2. The third-order valence-corrected chi connectivity index (χ3v) is 10.6. The van der Waals surface area contributed by atoms with Gasteiger partial charge in [-0.25, -0.2) is 19.6 Å². The largest absolute Gasteiger partial charge is 0.465 e. The van der Waals surface area contributed by atoms with Crippen molar-refractivity contribution < 1.29 is 24.5 Å². The zero-order chi connectivity index (χ0) is 35.0. The Morgan fingerprint density at radius 1 is 0.843 bits per heavy atom. The fourth-order valence-electron chi connectivity index (χ4n) is 8.17. The summed E-state index contributed by atoms with van der Waals surface area (Å²) in [5.74, 6) is 2.04. The van der Waals surface area contributed by atoms with Crippen molar-refractivity contribution in [2.45, 2.75) is 51.4 Å². The Bertz CT molecular complexity index is 2320. The van der Waals surface area contributed by atoms with Gasteiger partial charge < -0.3 is 29.5 Å². The van der Waals surface area contributed by atoms with E-state index in [4.69, 9.17) is 4.74 Å². The molecule has 3 aliphatic rings. The number of H-pyrrole nitrogens is 2. The summed E-state index contributed by atoms with van der Waals surface area (Å²) < 4.78 is 9.05. The normalized spacial score (nSPS) is 20.7. The maximum absolute atomic E-state index is 12.0. The maximum Gasteiger partial charge on any atom is 0.407 e. The molecule has 0 aliphatic carbocycles. The number of nitrogens with zero attached hydrogens (tertiary/aromatic N) is 5. The standard InChI is InChI=1S/C39H37N7O5/c1-39(2)18-32(45(21-39)38(49)50)35-41-19-27(43-35)23-11-13-29-25(15-23)16-31-26-12-10-24(17-33(26)51-36(46(29)31)22-7-4-3-5-8-22)28-20-40-34(42-28)30-9-6-14-44(30)37(47)48/h3-5,7-8,10-13,15-17,19-20,30,32,36H,6,9,14,18,21H2,1-2H3,(H,40,42)(H,41,43)(H,47,48)(H,49,50)/t30-,32-,36?/m0/s1. The number of fused-ring (bicyclic) bond motifs is 5.